The fourth-order valence-electron chi connectivity index (χ4n) is 3.57. The van der Waals surface area contributed by atoms with E-state index in [1.54, 1.807) is 10.7 Å². The van der Waals surface area contributed by atoms with E-state index in [1.165, 1.54) is 0 Å². The monoisotopic (exact) mass is 337 g/mol. The molecule has 3 heterocycles. The largest absolute Gasteiger partial charge is 0.381 e. The van der Waals surface area contributed by atoms with Crippen molar-refractivity contribution in [1.29, 1.82) is 0 Å². The van der Waals surface area contributed by atoms with Crippen molar-refractivity contribution in [1.82, 2.24) is 19.6 Å². The minimum absolute atomic E-state index is 0.0795. The van der Waals surface area contributed by atoms with Crippen molar-refractivity contribution < 1.29 is 13.5 Å². The van der Waals surface area contributed by atoms with Gasteiger partial charge >= 0.3 is 0 Å². The molecule has 2 aliphatic rings. The number of hydrogen-bond acceptors (Lipinski definition) is 5. The lowest BCUT2D eigenvalue weighted by Crippen LogP contribution is -2.29. The van der Waals surface area contributed by atoms with Crippen LogP contribution in [0.25, 0.3) is 5.52 Å². The third kappa shape index (κ3) is 2.94. The van der Waals surface area contributed by atoms with Crippen LogP contribution in [0.1, 0.15) is 49.5 Å². The number of alkyl halides is 2. The molecule has 0 radical (unpaired) electrons. The van der Waals surface area contributed by atoms with Gasteiger partial charge in [-0.2, -0.15) is 0 Å². The molecule has 1 saturated heterocycles. The summed E-state index contributed by atoms with van der Waals surface area (Å²) in [6.07, 6.45) is 3.74. The van der Waals surface area contributed by atoms with E-state index < -0.39 is 5.92 Å². The van der Waals surface area contributed by atoms with Gasteiger partial charge in [0.1, 0.15) is 11.3 Å². The molecule has 6 nitrogen and oxygen atoms in total. The summed E-state index contributed by atoms with van der Waals surface area (Å²) in [5.74, 6) is -1.72. The summed E-state index contributed by atoms with van der Waals surface area (Å²) in [7, 11) is 0. The third-order valence-corrected chi connectivity index (χ3v) is 4.93. The van der Waals surface area contributed by atoms with Gasteiger partial charge in [0.05, 0.1) is 11.9 Å². The molecule has 1 saturated carbocycles. The summed E-state index contributed by atoms with van der Waals surface area (Å²) in [5, 5.41) is 7.85. The first-order valence-electron chi connectivity index (χ1n) is 8.46. The molecule has 1 N–H and O–H groups in total. The van der Waals surface area contributed by atoms with Gasteiger partial charge < -0.3 is 10.1 Å². The predicted octanol–water partition coefficient (Wildman–Crippen LogP) is 2.93. The van der Waals surface area contributed by atoms with E-state index in [4.69, 9.17) is 4.74 Å². The molecular formula is C16H21F2N5O. The van der Waals surface area contributed by atoms with Crippen molar-refractivity contribution in [3.05, 3.63) is 17.7 Å². The zero-order chi connectivity index (χ0) is 16.7. The Morgan fingerprint density at radius 2 is 2.08 bits per heavy atom. The van der Waals surface area contributed by atoms with E-state index in [9.17, 15) is 8.78 Å². The molecule has 4 rings (SSSR count). The van der Waals surface area contributed by atoms with E-state index in [0.29, 0.717) is 18.2 Å². The van der Waals surface area contributed by atoms with Crippen molar-refractivity contribution in [2.24, 2.45) is 0 Å². The summed E-state index contributed by atoms with van der Waals surface area (Å²) < 4.78 is 34.2. The summed E-state index contributed by atoms with van der Waals surface area (Å²) in [6, 6.07) is 0.278. The minimum Gasteiger partial charge on any atom is -0.381 e. The van der Waals surface area contributed by atoms with Crippen LogP contribution in [0.4, 0.5) is 14.7 Å². The van der Waals surface area contributed by atoms with Crippen LogP contribution in [0.15, 0.2) is 6.20 Å². The van der Waals surface area contributed by atoms with Crippen LogP contribution in [0.2, 0.25) is 0 Å². The van der Waals surface area contributed by atoms with Crippen molar-refractivity contribution >= 4 is 11.5 Å². The molecule has 0 aromatic carbocycles. The highest BCUT2D eigenvalue weighted by atomic mass is 19.3. The third-order valence-electron chi connectivity index (χ3n) is 4.93. The smallest absolute Gasteiger partial charge is 0.248 e. The average molecular weight is 337 g/mol. The molecule has 24 heavy (non-hydrogen) atoms. The standard InChI is InChI=1S/C16H21F2N5O/c1-10-13-9-19-15(21-12-3-6-24-7-4-12)22-23(13)14(20-10)11-2-5-16(17,18)8-11/h9,11-12H,2-8H2,1H3,(H,21,22). The van der Waals surface area contributed by atoms with Gasteiger partial charge in [0.2, 0.25) is 11.9 Å². The number of halogens is 2. The first kappa shape index (κ1) is 15.7. The Labute approximate surface area is 138 Å². The second-order valence-electron chi connectivity index (χ2n) is 6.76. The predicted molar refractivity (Wildman–Crippen MR) is 84.5 cm³/mol. The molecule has 1 aliphatic carbocycles. The zero-order valence-corrected chi connectivity index (χ0v) is 13.6. The lowest BCUT2D eigenvalue weighted by atomic mass is 10.1. The van der Waals surface area contributed by atoms with Gasteiger partial charge in [0.15, 0.2) is 0 Å². The highest BCUT2D eigenvalue weighted by Gasteiger charge is 2.42. The molecule has 2 aromatic rings. The minimum atomic E-state index is -2.60. The quantitative estimate of drug-likeness (QED) is 0.933. The fourth-order valence-corrected chi connectivity index (χ4v) is 3.57. The van der Waals surface area contributed by atoms with Gasteiger partial charge in [0.25, 0.3) is 0 Å². The SMILES string of the molecule is Cc1nc(C2CCC(F)(F)C2)n2nc(NC3CCOCC3)ncc12. The summed E-state index contributed by atoms with van der Waals surface area (Å²) in [4.78, 5) is 8.86. The Bertz CT molecular complexity index is 741. The Morgan fingerprint density at radius 3 is 2.79 bits per heavy atom. The van der Waals surface area contributed by atoms with Crippen LogP contribution in [-0.2, 0) is 4.74 Å². The topological polar surface area (TPSA) is 64.3 Å². The van der Waals surface area contributed by atoms with Crippen LogP contribution >= 0.6 is 0 Å². The maximum Gasteiger partial charge on any atom is 0.248 e. The molecule has 130 valence electrons. The molecule has 0 spiro atoms. The summed E-state index contributed by atoms with van der Waals surface area (Å²) in [6.45, 7) is 3.32. The van der Waals surface area contributed by atoms with Gasteiger partial charge in [-0.3, -0.25) is 0 Å². The number of imidazole rings is 1. The molecular weight excluding hydrogens is 316 g/mol. The van der Waals surface area contributed by atoms with Crippen LogP contribution in [0.3, 0.4) is 0 Å². The Hall–Kier alpha value is -1.83. The molecule has 0 amide bonds. The number of rotatable bonds is 3. The molecule has 8 heteroatoms. The number of aryl methyl sites for hydroxylation is 1. The van der Waals surface area contributed by atoms with Crippen molar-refractivity contribution in [3.63, 3.8) is 0 Å². The number of ether oxygens (including phenoxy) is 1. The van der Waals surface area contributed by atoms with Gasteiger partial charge in [-0.15, -0.1) is 5.10 Å². The average Bonchev–Trinajstić information content (AvgIpc) is 3.08. The number of hydrogen-bond donors (Lipinski definition) is 1. The second kappa shape index (κ2) is 5.91. The molecule has 2 fully saturated rings. The lowest BCUT2D eigenvalue weighted by Gasteiger charge is -2.23. The molecule has 0 bridgehead atoms. The Balaban J connectivity index is 1.63. The highest BCUT2D eigenvalue weighted by Crippen LogP contribution is 2.43. The number of fused-ring (bicyclic) bond motifs is 1. The number of aromatic nitrogens is 4. The van der Waals surface area contributed by atoms with E-state index >= 15 is 0 Å². The first-order valence-corrected chi connectivity index (χ1v) is 8.46. The van der Waals surface area contributed by atoms with E-state index in [0.717, 1.165) is 37.3 Å². The van der Waals surface area contributed by atoms with Crippen molar-refractivity contribution in [3.8, 4) is 0 Å². The second-order valence-corrected chi connectivity index (χ2v) is 6.76. The van der Waals surface area contributed by atoms with Crippen LogP contribution in [-0.4, -0.2) is 44.8 Å². The van der Waals surface area contributed by atoms with Gasteiger partial charge in [-0.1, -0.05) is 0 Å². The van der Waals surface area contributed by atoms with E-state index in [1.807, 2.05) is 6.92 Å². The van der Waals surface area contributed by atoms with Crippen LogP contribution in [0.5, 0.6) is 0 Å². The molecule has 1 aliphatic heterocycles. The first-order chi connectivity index (χ1) is 11.5. The van der Waals surface area contributed by atoms with Gasteiger partial charge in [0, 0.05) is 38.0 Å². The molecule has 2 aromatic heterocycles. The fraction of sp³-hybridized carbons (Fsp3) is 0.688. The van der Waals surface area contributed by atoms with Crippen molar-refractivity contribution in [2.75, 3.05) is 18.5 Å². The number of anilines is 1. The Kier molecular flexibility index (Phi) is 3.86. The van der Waals surface area contributed by atoms with Crippen LogP contribution < -0.4 is 5.32 Å². The molecule has 1 atom stereocenters. The lowest BCUT2D eigenvalue weighted by molar-refractivity contribution is 0.00750. The number of nitrogens with zero attached hydrogens (tertiary/aromatic N) is 4. The maximum absolute atomic E-state index is 13.6. The highest BCUT2D eigenvalue weighted by molar-refractivity contribution is 5.51. The molecule has 1 unspecified atom stereocenters. The normalized spacial score (nSPS) is 24.5. The zero-order valence-electron chi connectivity index (χ0n) is 13.6. The van der Waals surface area contributed by atoms with Gasteiger partial charge in [-0.05, 0) is 26.2 Å². The van der Waals surface area contributed by atoms with Crippen molar-refractivity contribution in [2.45, 2.75) is 56.9 Å². The van der Waals surface area contributed by atoms with E-state index in [2.05, 4.69) is 20.4 Å². The number of nitrogens with one attached hydrogen (secondary N) is 1. The summed E-state index contributed by atoms with van der Waals surface area (Å²) in [5.41, 5.74) is 1.55. The Morgan fingerprint density at radius 1 is 1.29 bits per heavy atom. The summed E-state index contributed by atoms with van der Waals surface area (Å²) >= 11 is 0. The van der Waals surface area contributed by atoms with E-state index in [-0.39, 0.29) is 24.8 Å². The maximum atomic E-state index is 13.6. The van der Waals surface area contributed by atoms with Gasteiger partial charge in [-0.25, -0.2) is 23.3 Å². The van der Waals surface area contributed by atoms with Crippen LogP contribution in [0, 0.1) is 6.92 Å².